The summed E-state index contributed by atoms with van der Waals surface area (Å²) >= 11 is -1.80. The molecule has 0 fully saturated rings. The van der Waals surface area contributed by atoms with Gasteiger partial charge in [-0.1, -0.05) is 0 Å². The van der Waals surface area contributed by atoms with Gasteiger partial charge in [-0.15, -0.1) is 0 Å². The number of hydrogen-bond donors (Lipinski definition) is 0. The molecule has 3 heteroatoms. The van der Waals surface area contributed by atoms with E-state index in [9.17, 15) is 0 Å². The van der Waals surface area contributed by atoms with Crippen molar-refractivity contribution >= 4 is 28.3 Å². The first-order valence-corrected chi connectivity index (χ1v) is 25.2. The Kier molecular flexibility index (Phi) is 9.29. The summed E-state index contributed by atoms with van der Waals surface area (Å²) in [7, 11) is -2.31. The van der Waals surface area contributed by atoms with Crippen molar-refractivity contribution in [1.29, 1.82) is 0 Å². The summed E-state index contributed by atoms with van der Waals surface area (Å²) in [4.78, 5) is 0. The Morgan fingerprint density at radius 2 is 1.27 bits per heavy atom. The standard InChI is InChI=1S/C13H30Si2.C11H11.C10H9.Sc/c1-8-9-10-11-12-13(14(2,3)4)15(5,6)7;1-8-6-7-9(2)11-5-3-4-10(8)11;1-8-4-2-5-9-6-3-7-10(8)9;/h1,8-12H2,2-7H3;3-7H,1-2H3;2-7H,1H3;. The van der Waals surface area contributed by atoms with Gasteiger partial charge < -0.3 is 0 Å². The van der Waals surface area contributed by atoms with Gasteiger partial charge in [-0.05, 0) is 0 Å². The van der Waals surface area contributed by atoms with E-state index in [2.05, 4.69) is 115 Å². The molecule has 0 spiro atoms. The predicted octanol–water partition coefficient (Wildman–Crippen LogP) is 10.8. The molecular formula is C34H50ScSi2. The third-order valence-corrected chi connectivity index (χ3v) is 24.1. The van der Waals surface area contributed by atoms with Gasteiger partial charge in [-0.3, -0.25) is 0 Å². The fourth-order valence-electron chi connectivity index (χ4n) is 7.56. The summed E-state index contributed by atoms with van der Waals surface area (Å²) in [6, 6.07) is 11.7. The number of allylic oxidation sites excluding steroid dienone is 2. The predicted molar refractivity (Wildman–Crippen MR) is 168 cm³/mol. The van der Waals surface area contributed by atoms with E-state index in [4.69, 9.17) is 0 Å². The molecule has 2 aliphatic carbocycles. The minimum absolute atomic E-state index is 0.710. The summed E-state index contributed by atoms with van der Waals surface area (Å²) in [5.74, 6) is 0. The number of unbranched alkanes of at least 4 members (excludes halogenated alkanes) is 3. The summed E-state index contributed by atoms with van der Waals surface area (Å²) in [5.41, 5.74) is 10.8. The van der Waals surface area contributed by atoms with Crippen molar-refractivity contribution in [1.82, 2.24) is 0 Å². The number of hydrogen-bond acceptors (Lipinski definition) is 0. The van der Waals surface area contributed by atoms with Gasteiger partial charge in [0.25, 0.3) is 0 Å². The number of benzene rings is 2. The molecule has 37 heavy (non-hydrogen) atoms. The van der Waals surface area contributed by atoms with Gasteiger partial charge in [-0.25, -0.2) is 0 Å². The zero-order chi connectivity index (χ0) is 27.0. The average molecular weight is 560 g/mol. The molecule has 0 saturated carbocycles. The Balaban J connectivity index is 1.47. The van der Waals surface area contributed by atoms with E-state index in [1.54, 1.807) is 11.1 Å². The van der Waals surface area contributed by atoms with Crippen molar-refractivity contribution in [3.05, 3.63) is 86.6 Å². The second kappa shape index (κ2) is 11.8. The Bertz CT molecular complexity index is 1150. The minimum atomic E-state index is -1.80. The Morgan fingerprint density at radius 3 is 1.97 bits per heavy atom. The van der Waals surface area contributed by atoms with Crippen LogP contribution in [0.1, 0.15) is 78.4 Å². The number of rotatable bonds is 11. The zero-order valence-corrected chi connectivity index (χ0v) is 29.0. The van der Waals surface area contributed by atoms with Crippen molar-refractivity contribution in [2.45, 2.75) is 104 Å². The summed E-state index contributed by atoms with van der Waals surface area (Å²) in [6.07, 6.45) is 17.3. The van der Waals surface area contributed by atoms with E-state index in [0.29, 0.717) is 7.35 Å². The molecule has 1 radical (unpaired) electrons. The van der Waals surface area contributed by atoms with Gasteiger partial charge in [0.2, 0.25) is 0 Å². The fourth-order valence-corrected chi connectivity index (χ4v) is 25.2. The second-order valence-corrected chi connectivity index (χ2v) is 29.9. The number of aryl methyl sites for hydroxylation is 3. The quantitative estimate of drug-likeness (QED) is 0.190. The van der Waals surface area contributed by atoms with E-state index < -0.39 is 37.6 Å². The molecule has 0 saturated heterocycles. The summed E-state index contributed by atoms with van der Waals surface area (Å²) in [6.45, 7) is 22.4. The van der Waals surface area contributed by atoms with Gasteiger partial charge in [0, 0.05) is 0 Å². The molecule has 0 aliphatic heterocycles. The molecule has 2 aromatic rings. The van der Waals surface area contributed by atoms with Crippen LogP contribution >= 0.6 is 0 Å². The van der Waals surface area contributed by atoms with Crippen LogP contribution in [0, 0.1) is 25.9 Å². The molecule has 0 bridgehead atoms. The van der Waals surface area contributed by atoms with Crippen LogP contribution in [0.5, 0.6) is 0 Å². The Labute approximate surface area is 238 Å². The first-order chi connectivity index (χ1) is 17.4. The van der Waals surface area contributed by atoms with Crippen LogP contribution in [0.3, 0.4) is 0 Å². The van der Waals surface area contributed by atoms with E-state index in [1.165, 1.54) is 64.1 Å². The SMILES string of the molecule is Cc1cccc2c1C=C[CH]2[Sc]([CH2]CCCCC[C]([Si](C)(C)C)[Si](C)(C)C)[CH]1C=Cc2c(C)ccc(C)c21. The van der Waals surface area contributed by atoms with Crippen molar-refractivity contribution in [2.75, 3.05) is 0 Å². The Hall–Kier alpha value is -0.776. The van der Waals surface area contributed by atoms with E-state index in [0.717, 1.165) is 0 Å². The molecule has 0 aromatic heterocycles. The first kappa shape index (κ1) is 29.2. The van der Waals surface area contributed by atoms with Crippen LogP contribution in [0.4, 0.5) is 0 Å². The van der Waals surface area contributed by atoms with Gasteiger partial charge >= 0.3 is 240 Å². The molecule has 0 nitrogen and oxygen atoms in total. The fraction of sp³-hybridized carbons (Fsp3) is 0.500. The van der Waals surface area contributed by atoms with Crippen LogP contribution in [0.2, 0.25) is 43.5 Å². The van der Waals surface area contributed by atoms with Crippen LogP contribution in [-0.4, -0.2) is 16.1 Å². The van der Waals surface area contributed by atoms with Gasteiger partial charge in [0.15, 0.2) is 0 Å². The van der Waals surface area contributed by atoms with Crippen LogP contribution in [0.25, 0.3) is 12.2 Å². The molecule has 0 N–H and O–H groups in total. The van der Waals surface area contributed by atoms with E-state index >= 15 is 0 Å². The van der Waals surface area contributed by atoms with E-state index in [-0.39, 0.29) is 0 Å². The van der Waals surface area contributed by atoms with Gasteiger partial charge in [0.05, 0.1) is 0 Å². The Morgan fingerprint density at radius 1 is 0.676 bits per heavy atom. The van der Waals surface area contributed by atoms with Crippen molar-refractivity contribution < 1.29 is 21.4 Å². The maximum absolute atomic E-state index is 2.63. The molecule has 0 heterocycles. The second-order valence-electron chi connectivity index (χ2n) is 14.0. The topological polar surface area (TPSA) is 0 Å². The van der Waals surface area contributed by atoms with Crippen LogP contribution in [-0.2, 0) is 21.4 Å². The third-order valence-electron chi connectivity index (χ3n) is 9.16. The number of fused-ring (bicyclic) bond motifs is 2. The zero-order valence-electron chi connectivity index (χ0n) is 25.2. The molecule has 0 amide bonds. The molecule has 2 aliphatic rings. The normalized spacial score (nSPS) is 18.5. The molecule has 2 aromatic carbocycles. The maximum atomic E-state index is 2.63. The monoisotopic (exact) mass is 559 g/mol. The molecule has 4 rings (SSSR count). The summed E-state index contributed by atoms with van der Waals surface area (Å²) < 4.78 is 2.92. The summed E-state index contributed by atoms with van der Waals surface area (Å²) in [5, 5.41) is 2.01. The molecule has 2 unspecified atom stereocenters. The van der Waals surface area contributed by atoms with Gasteiger partial charge in [-0.2, -0.15) is 0 Å². The first-order valence-electron chi connectivity index (χ1n) is 14.8. The molecule has 2 atom stereocenters. The van der Waals surface area contributed by atoms with Crippen LogP contribution in [0.15, 0.2) is 42.5 Å². The van der Waals surface area contributed by atoms with Crippen LogP contribution < -0.4 is 0 Å². The molecular weight excluding hydrogens is 510 g/mol. The molecule has 197 valence electrons. The van der Waals surface area contributed by atoms with Crippen molar-refractivity contribution in [3.63, 3.8) is 0 Å². The average Bonchev–Trinajstić information content (AvgIpc) is 3.43. The van der Waals surface area contributed by atoms with Crippen molar-refractivity contribution in [3.8, 4) is 0 Å². The third kappa shape index (κ3) is 6.52. The van der Waals surface area contributed by atoms with E-state index in [1.807, 2.05) is 5.16 Å². The van der Waals surface area contributed by atoms with Crippen molar-refractivity contribution in [2.24, 2.45) is 0 Å². The van der Waals surface area contributed by atoms with Gasteiger partial charge in [0.1, 0.15) is 0 Å².